The minimum absolute atomic E-state index is 0. The number of benzene rings is 3. The van der Waals surface area contributed by atoms with E-state index in [-0.39, 0.29) is 34.6 Å². The average molecular weight is 528 g/mol. The Labute approximate surface area is 239 Å². The van der Waals surface area contributed by atoms with E-state index in [4.69, 9.17) is 27.9 Å². The fraction of sp³-hybridized carbons (Fsp3) is 0.0714. The number of aromatic nitrogens is 1. The molecule has 0 bridgehead atoms. The van der Waals surface area contributed by atoms with Gasteiger partial charge in [-0.3, -0.25) is 0 Å². The van der Waals surface area contributed by atoms with Gasteiger partial charge in [0.15, 0.2) is 0 Å². The maximum Gasteiger partial charge on any atom is 1.00 e. The van der Waals surface area contributed by atoms with Crippen LogP contribution in [0.3, 0.4) is 0 Å². The van der Waals surface area contributed by atoms with Gasteiger partial charge in [0, 0.05) is 16.0 Å². The molecule has 0 saturated carbocycles. The van der Waals surface area contributed by atoms with Crippen LogP contribution in [0.5, 0.6) is 0 Å². The summed E-state index contributed by atoms with van der Waals surface area (Å²) in [6, 6.07) is 17.7. The number of aliphatic carboxylic acids is 1. The van der Waals surface area contributed by atoms with Crippen LogP contribution in [0, 0.1) is 5.82 Å². The van der Waals surface area contributed by atoms with Gasteiger partial charge in [0.2, 0.25) is 0 Å². The Kier molecular flexibility index (Phi) is 8.30. The van der Waals surface area contributed by atoms with Gasteiger partial charge >= 0.3 is 29.6 Å². The summed E-state index contributed by atoms with van der Waals surface area (Å²) >= 11 is 12.4. The molecule has 0 amide bonds. The van der Waals surface area contributed by atoms with Crippen molar-refractivity contribution in [3.63, 3.8) is 0 Å². The van der Waals surface area contributed by atoms with Gasteiger partial charge in [-0.25, -0.2) is 9.37 Å². The van der Waals surface area contributed by atoms with Crippen LogP contribution in [0.4, 0.5) is 4.39 Å². The number of fused-ring (bicyclic) bond motifs is 3. The monoisotopic (exact) mass is 527 g/mol. The molecule has 1 heterocycles. The van der Waals surface area contributed by atoms with Crippen molar-refractivity contribution >= 4 is 64.4 Å². The van der Waals surface area contributed by atoms with Crippen molar-refractivity contribution in [2.75, 3.05) is 6.61 Å². The second-order valence-corrected chi connectivity index (χ2v) is 8.87. The summed E-state index contributed by atoms with van der Waals surface area (Å²) in [5.74, 6) is -1.80. The summed E-state index contributed by atoms with van der Waals surface area (Å²) in [6.07, 6.45) is 6.92. The summed E-state index contributed by atoms with van der Waals surface area (Å²) in [5, 5.41) is 12.3. The molecule has 0 saturated heterocycles. The van der Waals surface area contributed by atoms with E-state index in [1.165, 1.54) is 12.1 Å². The van der Waals surface area contributed by atoms with Crippen LogP contribution < -0.4 is 34.7 Å². The first-order valence-corrected chi connectivity index (χ1v) is 11.5. The van der Waals surface area contributed by atoms with E-state index in [1.54, 1.807) is 18.2 Å². The topological polar surface area (TPSA) is 62.2 Å². The van der Waals surface area contributed by atoms with Crippen molar-refractivity contribution in [2.24, 2.45) is 0 Å². The van der Waals surface area contributed by atoms with Gasteiger partial charge in [0.05, 0.1) is 28.8 Å². The summed E-state index contributed by atoms with van der Waals surface area (Å²) in [5.41, 5.74) is 5.34. The third-order valence-corrected chi connectivity index (χ3v) is 6.37. The summed E-state index contributed by atoms with van der Waals surface area (Å²) < 4.78 is 19.5. The molecule has 8 heteroatoms. The van der Waals surface area contributed by atoms with Gasteiger partial charge in [-0.1, -0.05) is 71.8 Å². The SMILES string of the molecule is O=C([O-])COC1c2cc(/C=C/c3ccc4cc(F)c(Cl)cc4n3)ccc2C=Cc2cccc(Cl)c21.[Na+]. The van der Waals surface area contributed by atoms with Crippen molar-refractivity contribution in [3.8, 4) is 0 Å². The second-order valence-electron chi connectivity index (χ2n) is 8.06. The first-order chi connectivity index (χ1) is 16.9. The largest absolute Gasteiger partial charge is 1.00 e. The predicted octanol–water partition coefficient (Wildman–Crippen LogP) is 3.19. The quantitative estimate of drug-likeness (QED) is 0.374. The summed E-state index contributed by atoms with van der Waals surface area (Å²) in [7, 11) is 0. The van der Waals surface area contributed by atoms with Gasteiger partial charge in [0.1, 0.15) is 11.9 Å². The zero-order chi connectivity index (χ0) is 24.5. The molecule has 0 spiro atoms. The molecule has 0 radical (unpaired) electrons. The number of carbonyl (C=O) groups excluding carboxylic acids is 1. The van der Waals surface area contributed by atoms with E-state index in [0.717, 1.165) is 22.3 Å². The Morgan fingerprint density at radius 2 is 1.81 bits per heavy atom. The molecular weight excluding hydrogens is 511 g/mol. The summed E-state index contributed by atoms with van der Waals surface area (Å²) in [4.78, 5) is 15.7. The standard InChI is InChI=1S/C28H18Cl2FNO3.Na/c29-22-3-1-2-18-8-7-17-6-4-16(12-21(17)28(27(18)22)35-15-26(33)34)5-10-20-11-9-19-13-24(31)23(30)14-25(19)32-20;/h1-14,28H,15H2,(H,33,34);/q;+1/p-1/b10-5+;. The molecule has 4 nitrogen and oxygen atoms in total. The van der Waals surface area contributed by atoms with Crippen molar-refractivity contribution in [1.82, 2.24) is 4.98 Å². The zero-order valence-electron chi connectivity index (χ0n) is 19.2. The van der Waals surface area contributed by atoms with Crippen molar-refractivity contribution in [2.45, 2.75) is 6.10 Å². The molecule has 0 aliphatic heterocycles. The molecule has 4 aromatic rings. The van der Waals surface area contributed by atoms with E-state index in [1.807, 2.05) is 54.6 Å². The fourth-order valence-corrected chi connectivity index (χ4v) is 4.56. The van der Waals surface area contributed by atoms with E-state index in [0.29, 0.717) is 27.2 Å². The van der Waals surface area contributed by atoms with Gasteiger partial charge in [0.25, 0.3) is 0 Å². The van der Waals surface area contributed by atoms with E-state index in [9.17, 15) is 14.3 Å². The van der Waals surface area contributed by atoms with Crippen LogP contribution >= 0.6 is 23.2 Å². The van der Waals surface area contributed by atoms with Gasteiger partial charge < -0.3 is 14.6 Å². The number of carboxylic acids is 1. The number of hydrogen-bond donors (Lipinski definition) is 0. The van der Waals surface area contributed by atoms with Crippen molar-refractivity contribution in [1.29, 1.82) is 0 Å². The molecule has 3 aromatic carbocycles. The van der Waals surface area contributed by atoms with E-state index in [2.05, 4.69) is 4.98 Å². The van der Waals surface area contributed by atoms with Crippen LogP contribution in [0.25, 0.3) is 35.2 Å². The minimum Gasteiger partial charge on any atom is -0.548 e. The molecule has 1 aliphatic carbocycles. The van der Waals surface area contributed by atoms with Crippen molar-refractivity contribution < 1.29 is 48.6 Å². The third kappa shape index (κ3) is 5.57. The maximum absolute atomic E-state index is 13.7. The number of hydrogen-bond acceptors (Lipinski definition) is 4. The Hall–Kier alpha value is -2.51. The Morgan fingerprint density at radius 3 is 2.61 bits per heavy atom. The van der Waals surface area contributed by atoms with Crippen molar-refractivity contribution in [3.05, 3.63) is 110 Å². The molecular formula is C28H17Cl2FNNaO3. The molecule has 36 heavy (non-hydrogen) atoms. The van der Waals surface area contributed by atoms with Crippen LogP contribution in [0.2, 0.25) is 10.0 Å². The zero-order valence-corrected chi connectivity index (χ0v) is 22.7. The minimum atomic E-state index is -1.31. The number of pyridine rings is 1. The van der Waals surface area contributed by atoms with Crippen LogP contribution in [0.1, 0.15) is 39.6 Å². The Morgan fingerprint density at radius 1 is 1.00 bits per heavy atom. The van der Waals surface area contributed by atoms with E-state index < -0.39 is 24.5 Å². The molecule has 174 valence electrons. The normalized spacial score (nSPS) is 14.2. The van der Waals surface area contributed by atoms with E-state index >= 15 is 0 Å². The Balaban J connectivity index is 0.00000304. The molecule has 1 atom stereocenters. The van der Waals surface area contributed by atoms with Gasteiger partial charge in [-0.2, -0.15) is 0 Å². The van der Waals surface area contributed by atoms with Crippen LogP contribution in [-0.2, 0) is 9.53 Å². The number of carboxylic acid groups (broad SMARTS) is 1. The first-order valence-electron chi connectivity index (χ1n) is 10.7. The fourth-order valence-electron chi connectivity index (χ4n) is 4.12. The molecule has 0 N–H and O–H groups in total. The Bertz CT molecular complexity index is 1540. The van der Waals surface area contributed by atoms with Crippen LogP contribution in [-0.4, -0.2) is 17.6 Å². The molecule has 5 rings (SSSR count). The average Bonchev–Trinajstić information content (AvgIpc) is 2.99. The molecule has 1 aromatic heterocycles. The summed E-state index contributed by atoms with van der Waals surface area (Å²) in [6.45, 7) is -0.570. The smallest absolute Gasteiger partial charge is 0.548 e. The third-order valence-electron chi connectivity index (χ3n) is 5.75. The maximum atomic E-state index is 13.7. The molecule has 0 fully saturated rings. The number of halogens is 3. The number of carbonyl (C=O) groups is 1. The van der Waals surface area contributed by atoms with Gasteiger partial charge in [-0.15, -0.1) is 0 Å². The van der Waals surface area contributed by atoms with Gasteiger partial charge in [-0.05, 0) is 58.7 Å². The number of ether oxygens (including phenoxy) is 1. The first kappa shape index (κ1) is 26.6. The number of nitrogens with zero attached hydrogens (tertiary/aromatic N) is 1. The molecule has 1 unspecified atom stereocenters. The molecule has 1 aliphatic rings. The second kappa shape index (κ2) is 11.3. The van der Waals surface area contributed by atoms with Crippen LogP contribution in [0.15, 0.2) is 60.7 Å². The predicted molar refractivity (Wildman–Crippen MR) is 135 cm³/mol. The number of rotatable bonds is 5.